The second kappa shape index (κ2) is 9.73. The fraction of sp³-hybridized carbons (Fsp3) is 0.560. The lowest BCUT2D eigenvalue weighted by Crippen LogP contribution is -2.40. The number of fused-ring (bicyclic) bond motifs is 1. The highest BCUT2D eigenvalue weighted by Crippen LogP contribution is 2.37. The molecule has 2 aliphatic heterocycles. The molecule has 0 bridgehead atoms. The molecule has 1 aromatic heterocycles. The zero-order valence-corrected chi connectivity index (χ0v) is 21.3. The van der Waals surface area contributed by atoms with Crippen LogP contribution in [0.3, 0.4) is 0 Å². The lowest BCUT2D eigenvalue weighted by Gasteiger charge is -2.36. The standard InChI is InChI=1S/C25H33N3O6S/c1-4-19-22-20(13-25(15-26-23(22)29)8-10-34-11-9-25)28(27-19)14-16(2)12-18-17(24(30)31)6-5-7-21(18)35(3,32)33/h5-7,16H,4,8-15H2,1-3H3,(H,26,29)(H,30,31)/t16-/m1/s1. The van der Waals surface area contributed by atoms with E-state index in [1.54, 1.807) is 0 Å². The molecule has 35 heavy (non-hydrogen) atoms. The van der Waals surface area contributed by atoms with Gasteiger partial charge in [-0.25, -0.2) is 13.2 Å². The van der Waals surface area contributed by atoms with Crippen molar-refractivity contribution in [3.63, 3.8) is 0 Å². The number of nitrogens with zero attached hydrogens (tertiary/aromatic N) is 2. The minimum atomic E-state index is -3.60. The Kier molecular flexibility index (Phi) is 7.06. The Labute approximate surface area is 205 Å². The third-order valence-electron chi connectivity index (χ3n) is 7.21. The summed E-state index contributed by atoms with van der Waals surface area (Å²) in [5, 5.41) is 17.6. The van der Waals surface area contributed by atoms with Gasteiger partial charge in [0.05, 0.1) is 27.4 Å². The zero-order chi connectivity index (χ0) is 25.4. The normalized spacial score (nSPS) is 18.5. The molecule has 1 aromatic carbocycles. The molecule has 10 heteroatoms. The van der Waals surface area contributed by atoms with E-state index in [1.165, 1.54) is 18.2 Å². The molecule has 0 radical (unpaired) electrons. The van der Waals surface area contributed by atoms with Gasteiger partial charge >= 0.3 is 5.97 Å². The van der Waals surface area contributed by atoms with Crippen LogP contribution < -0.4 is 5.32 Å². The summed E-state index contributed by atoms with van der Waals surface area (Å²) in [4.78, 5) is 24.9. The summed E-state index contributed by atoms with van der Waals surface area (Å²) in [6.45, 7) is 6.30. The molecule has 1 spiro atoms. The number of aryl methyl sites for hydroxylation is 1. The number of sulfone groups is 1. The Bertz CT molecular complexity index is 1240. The molecule has 1 fully saturated rings. The van der Waals surface area contributed by atoms with Gasteiger partial charge in [-0.3, -0.25) is 9.48 Å². The van der Waals surface area contributed by atoms with Crippen LogP contribution in [0, 0.1) is 11.3 Å². The van der Waals surface area contributed by atoms with E-state index in [0.717, 1.165) is 30.5 Å². The molecule has 2 aromatic rings. The quantitative estimate of drug-likeness (QED) is 0.594. The maximum atomic E-state index is 13.0. The summed E-state index contributed by atoms with van der Waals surface area (Å²) in [5.74, 6) is -1.38. The summed E-state index contributed by atoms with van der Waals surface area (Å²) >= 11 is 0. The Balaban J connectivity index is 1.69. The first-order valence-corrected chi connectivity index (χ1v) is 13.9. The first-order chi connectivity index (χ1) is 16.5. The summed E-state index contributed by atoms with van der Waals surface area (Å²) in [5.41, 5.74) is 2.52. The molecule has 1 saturated heterocycles. The van der Waals surface area contributed by atoms with Crippen molar-refractivity contribution >= 4 is 21.7 Å². The highest BCUT2D eigenvalue weighted by molar-refractivity contribution is 7.90. The molecule has 4 rings (SSSR count). The number of carboxylic acid groups (broad SMARTS) is 1. The van der Waals surface area contributed by atoms with Crippen molar-refractivity contribution < 1.29 is 27.9 Å². The number of benzene rings is 1. The molecule has 2 aliphatic rings. The van der Waals surface area contributed by atoms with E-state index < -0.39 is 15.8 Å². The minimum Gasteiger partial charge on any atom is -0.478 e. The van der Waals surface area contributed by atoms with Gasteiger partial charge in [-0.2, -0.15) is 5.10 Å². The monoisotopic (exact) mass is 503 g/mol. The minimum absolute atomic E-state index is 0.00569. The maximum absolute atomic E-state index is 13.0. The third kappa shape index (κ3) is 5.13. The van der Waals surface area contributed by atoms with Gasteiger partial charge in [0.15, 0.2) is 9.84 Å². The Morgan fingerprint density at radius 2 is 2.03 bits per heavy atom. The molecule has 0 unspecified atom stereocenters. The number of carboxylic acids is 1. The molecule has 1 atom stereocenters. The van der Waals surface area contributed by atoms with Crippen molar-refractivity contribution in [3.05, 3.63) is 46.3 Å². The van der Waals surface area contributed by atoms with Gasteiger partial charge in [0.1, 0.15) is 0 Å². The summed E-state index contributed by atoms with van der Waals surface area (Å²) in [6, 6.07) is 4.35. The van der Waals surface area contributed by atoms with Gasteiger partial charge in [-0.1, -0.05) is 19.9 Å². The molecule has 190 valence electrons. The Morgan fingerprint density at radius 3 is 2.66 bits per heavy atom. The topological polar surface area (TPSA) is 128 Å². The maximum Gasteiger partial charge on any atom is 0.336 e. The molecular formula is C25H33N3O6S. The lowest BCUT2D eigenvalue weighted by atomic mass is 9.76. The van der Waals surface area contributed by atoms with Crippen LogP contribution in [0.2, 0.25) is 0 Å². The smallest absolute Gasteiger partial charge is 0.336 e. The molecule has 2 N–H and O–H groups in total. The number of aromatic carboxylic acids is 1. The average Bonchev–Trinajstić information content (AvgIpc) is 3.06. The van der Waals surface area contributed by atoms with Gasteiger partial charge in [-0.15, -0.1) is 0 Å². The number of aromatic nitrogens is 2. The van der Waals surface area contributed by atoms with E-state index in [2.05, 4.69) is 5.32 Å². The van der Waals surface area contributed by atoms with E-state index >= 15 is 0 Å². The zero-order valence-electron chi connectivity index (χ0n) is 20.5. The van der Waals surface area contributed by atoms with Crippen LogP contribution in [0.1, 0.15) is 64.4 Å². The van der Waals surface area contributed by atoms with Crippen LogP contribution in [0.5, 0.6) is 0 Å². The highest BCUT2D eigenvalue weighted by Gasteiger charge is 2.39. The van der Waals surface area contributed by atoms with Gasteiger partial charge < -0.3 is 15.2 Å². The molecule has 0 saturated carbocycles. The van der Waals surface area contributed by atoms with Crippen LogP contribution >= 0.6 is 0 Å². The van der Waals surface area contributed by atoms with Crippen LogP contribution in [0.15, 0.2) is 23.1 Å². The van der Waals surface area contributed by atoms with Gasteiger partial charge in [-0.05, 0) is 61.1 Å². The molecule has 9 nitrogen and oxygen atoms in total. The van der Waals surface area contributed by atoms with E-state index in [4.69, 9.17) is 9.84 Å². The summed E-state index contributed by atoms with van der Waals surface area (Å²) in [7, 11) is -3.60. The average molecular weight is 504 g/mol. The van der Waals surface area contributed by atoms with Crippen LogP contribution in [0.4, 0.5) is 0 Å². The SMILES string of the molecule is CCc1nn(C[C@H](C)Cc2c(C(=O)O)cccc2S(C)(=O)=O)c2c1C(=O)NCC1(CCOCC1)C2. The second-order valence-corrected chi connectivity index (χ2v) is 11.9. The number of nitrogens with one attached hydrogen (secondary N) is 1. The van der Waals surface area contributed by atoms with Crippen molar-refractivity contribution in [1.29, 1.82) is 0 Å². The lowest BCUT2D eigenvalue weighted by molar-refractivity contribution is 0.0152. The Morgan fingerprint density at radius 1 is 1.31 bits per heavy atom. The molecule has 3 heterocycles. The Hall–Kier alpha value is -2.72. The highest BCUT2D eigenvalue weighted by atomic mass is 32.2. The van der Waals surface area contributed by atoms with E-state index in [-0.39, 0.29) is 34.1 Å². The van der Waals surface area contributed by atoms with Crippen molar-refractivity contribution in [3.8, 4) is 0 Å². The van der Waals surface area contributed by atoms with Crippen LogP contribution in [0.25, 0.3) is 0 Å². The number of hydrogen-bond donors (Lipinski definition) is 2. The third-order valence-corrected chi connectivity index (χ3v) is 8.39. The molecular weight excluding hydrogens is 470 g/mol. The molecule has 0 aliphatic carbocycles. The fourth-order valence-corrected chi connectivity index (χ4v) is 6.32. The predicted molar refractivity (Wildman–Crippen MR) is 130 cm³/mol. The number of hydrogen-bond acceptors (Lipinski definition) is 6. The van der Waals surface area contributed by atoms with Gasteiger partial charge in [0.2, 0.25) is 0 Å². The summed E-state index contributed by atoms with van der Waals surface area (Å²) < 4.78 is 32.2. The summed E-state index contributed by atoms with van der Waals surface area (Å²) in [6.07, 6.45) is 4.40. The number of carbonyl (C=O) groups excluding carboxylic acids is 1. The van der Waals surface area contributed by atoms with Gasteiger partial charge in [0, 0.05) is 32.6 Å². The largest absolute Gasteiger partial charge is 0.478 e. The van der Waals surface area contributed by atoms with E-state index in [1.807, 2.05) is 18.5 Å². The van der Waals surface area contributed by atoms with E-state index in [0.29, 0.717) is 50.3 Å². The number of carbonyl (C=O) groups is 2. The first kappa shape index (κ1) is 25.4. The van der Waals surface area contributed by atoms with Crippen LogP contribution in [-0.4, -0.2) is 61.2 Å². The number of amides is 1. The van der Waals surface area contributed by atoms with Gasteiger partial charge in [0.25, 0.3) is 5.91 Å². The van der Waals surface area contributed by atoms with E-state index in [9.17, 15) is 23.1 Å². The van der Waals surface area contributed by atoms with Crippen molar-refractivity contribution in [2.24, 2.45) is 11.3 Å². The van der Waals surface area contributed by atoms with Crippen molar-refractivity contribution in [1.82, 2.24) is 15.1 Å². The second-order valence-electron chi connectivity index (χ2n) is 9.94. The van der Waals surface area contributed by atoms with Crippen molar-refractivity contribution in [2.75, 3.05) is 26.0 Å². The van der Waals surface area contributed by atoms with Crippen molar-refractivity contribution in [2.45, 2.75) is 57.4 Å². The fourth-order valence-electron chi connectivity index (χ4n) is 5.36. The predicted octanol–water partition coefficient (Wildman–Crippen LogP) is 2.51. The number of ether oxygens (including phenoxy) is 1. The van der Waals surface area contributed by atoms with Crippen LogP contribution in [-0.2, 0) is 40.4 Å². The molecule has 1 amide bonds. The first-order valence-electron chi connectivity index (χ1n) is 12.0. The number of rotatable bonds is 7.